The number of carboxylic acid groups (broad SMARTS) is 1. The molecule has 1 saturated carbocycles. The molecule has 2 heterocycles. The summed E-state index contributed by atoms with van der Waals surface area (Å²) >= 11 is 0. The normalized spacial score (nSPS) is 18.3. The van der Waals surface area contributed by atoms with E-state index in [0.717, 1.165) is 71.3 Å². The molecule has 2 aliphatic rings. The minimum atomic E-state index is -1.17. The van der Waals surface area contributed by atoms with E-state index in [1.54, 1.807) is 18.5 Å². The van der Waals surface area contributed by atoms with Crippen LogP contribution in [0, 0.1) is 12.3 Å². The number of aliphatic carboxylic acids is 1. The molecule has 36 heavy (non-hydrogen) atoms. The van der Waals surface area contributed by atoms with Crippen LogP contribution in [0.25, 0.3) is 10.8 Å². The van der Waals surface area contributed by atoms with Gasteiger partial charge in [-0.1, -0.05) is 38.3 Å². The highest BCUT2D eigenvalue weighted by Gasteiger charge is 2.51. The summed E-state index contributed by atoms with van der Waals surface area (Å²) in [5.74, 6) is -0.0235. The molecule has 0 saturated heterocycles. The smallest absolute Gasteiger partial charge is 0.329 e. The van der Waals surface area contributed by atoms with Crippen LogP contribution in [-0.4, -0.2) is 32.4 Å². The molecule has 7 nitrogen and oxygen atoms in total. The molecule has 1 fully saturated rings. The van der Waals surface area contributed by atoms with Gasteiger partial charge < -0.3 is 15.7 Å². The maximum atomic E-state index is 12.5. The molecule has 0 radical (unpaired) electrons. The summed E-state index contributed by atoms with van der Waals surface area (Å²) in [6.07, 6.45) is 10.6. The highest BCUT2D eigenvalue weighted by Crippen LogP contribution is 2.49. The van der Waals surface area contributed by atoms with Crippen molar-refractivity contribution in [3.05, 3.63) is 71.8 Å². The topological polar surface area (TPSA) is 104 Å². The fraction of sp³-hybridized carbons (Fsp3) is 0.379. The largest absolute Gasteiger partial charge is 0.479 e. The van der Waals surface area contributed by atoms with E-state index < -0.39 is 16.9 Å². The van der Waals surface area contributed by atoms with Gasteiger partial charge >= 0.3 is 5.97 Å². The lowest BCUT2D eigenvalue weighted by Gasteiger charge is -2.46. The standard InChI is InChI=1S/C29H32N4O3/c1-3-29(27(35)36,33-24-16-25(34)28(24)12-5-4-6-13-28)17-20-7-9-22(10-8-20)32-26-23-18-30-14-11-21(23)15-19(2)31-26/h7-11,14-16,18,33H,3-6,12-13,17H2,1-2H3,(H,31,32)(H,35,36)/t29-/m0/s1. The van der Waals surface area contributed by atoms with E-state index in [0.29, 0.717) is 12.8 Å². The highest BCUT2D eigenvalue weighted by molar-refractivity contribution is 6.05. The summed E-state index contributed by atoms with van der Waals surface area (Å²) < 4.78 is 0. The molecular weight excluding hydrogens is 452 g/mol. The van der Waals surface area contributed by atoms with Crippen LogP contribution in [0.4, 0.5) is 11.5 Å². The molecule has 186 valence electrons. The monoisotopic (exact) mass is 484 g/mol. The Morgan fingerprint density at radius 3 is 2.56 bits per heavy atom. The first-order valence-corrected chi connectivity index (χ1v) is 12.7. The van der Waals surface area contributed by atoms with E-state index in [9.17, 15) is 14.7 Å². The average Bonchev–Trinajstić information content (AvgIpc) is 2.89. The number of nitrogens with zero attached hydrogens (tertiary/aromatic N) is 2. The first-order chi connectivity index (χ1) is 17.3. The van der Waals surface area contributed by atoms with Gasteiger partial charge in [0.2, 0.25) is 0 Å². The number of carbonyl (C=O) groups excluding carboxylic acids is 1. The van der Waals surface area contributed by atoms with Gasteiger partial charge in [0.05, 0.1) is 5.41 Å². The molecule has 2 aliphatic carbocycles. The molecule has 0 bridgehead atoms. The van der Waals surface area contributed by atoms with Crippen LogP contribution in [0.2, 0.25) is 0 Å². The molecule has 1 spiro atoms. The van der Waals surface area contributed by atoms with Gasteiger partial charge in [-0.25, -0.2) is 9.78 Å². The van der Waals surface area contributed by atoms with Crippen molar-refractivity contribution in [2.45, 2.75) is 64.3 Å². The van der Waals surface area contributed by atoms with Gasteiger partial charge in [-0.15, -0.1) is 0 Å². The summed E-state index contributed by atoms with van der Waals surface area (Å²) in [5, 5.41) is 19.0. The predicted molar refractivity (Wildman–Crippen MR) is 140 cm³/mol. The molecule has 0 aliphatic heterocycles. The van der Waals surface area contributed by atoms with Crippen molar-refractivity contribution in [3.8, 4) is 0 Å². The van der Waals surface area contributed by atoms with Crippen LogP contribution in [-0.2, 0) is 16.0 Å². The number of rotatable bonds is 8. The van der Waals surface area contributed by atoms with E-state index in [2.05, 4.69) is 20.6 Å². The zero-order valence-corrected chi connectivity index (χ0v) is 20.8. The number of ketones is 1. The van der Waals surface area contributed by atoms with Gasteiger partial charge in [0.15, 0.2) is 5.78 Å². The number of fused-ring (bicyclic) bond motifs is 1. The van der Waals surface area contributed by atoms with Crippen molar-refractivity contribution in [1.29, 1.82) is 0 Å². The number of nitrogens with one attached hydrogen (secondary N) is 2. The van der Waals surface area contributed by atoms with Crippen molar-refractivity contribution >= 4 is 34.0 Å². The predicted octanol–water partition coefficient (Wildman–Crippen LogP) is 5.46. The van der Waals surface area contributed by atoms with Crippen LogP contribution in [0.5, 0.6) is 0 Å². The fourth-order valence-electron chi connectivity index (χ4n) is 5.59. The number of aryl methyl sites for hydroxylation is 1. The molecular formula is C29H32N4O3. The second-order valence-corrected chi connectivity index (χ2v) is 10.1. The van der Waals surface area contributed by atoms with Gasteiger partial charge in [0.1, 0.15) is 11.4 Å². The van der Waals surface area contributed by atoms with Crippen LogP contribution in [0.3, 0.4) is 0 Å². The van der Waals surface area contributed by atoms with E-state index in [1.807, 2.05) is 50.2 Å². The zero-order chi connectivity index (χ0) is 25.3. The van der Waals surface area contributed by atoms with Crippen molar-refractivity contribution in [2.75, 3.05) is 5.32 Å². The molecule has 7 heteroatoms. The number of pyridine rings is 2. The molecule has 5 rings (SSSR count). The molecule has 1 aromatic carbocycles. The Morgan fingerprint density at radius 2 is 1.89 bits per heavy atom. The van der Waals surface area contributed by atoms with E-state index in [4.69, 9.17) is 0 Å². The van der Waals surface area contributed by atoms with E-state index in [-0.39, 0.29) is 5.78 Å². The first-order valence-electron chi connectivity index (χ1n) is 12.7. The number of benzene rings is 1. The fourth-order valence-corrected chi connectivity index (χ4v) is 5.59. The van der Waals surface area contributed by atoms with Crippen molar-refractivity contribution in [1.82, 2.24) is 15.3 Å². The maximum Gasteiger partial charge on any atom is 0.329 e. The molecule has 3 aromatic rings. The lowest BCUT2D eigenvalue weighted by molar-refractivity contribution is -0.145. The van der Waals surface area contributed by atoms with Gasteiger partial charge in [-0.05, 0) is 61.4 Å². The summed E-state index contributed by atoms with van der Waals surface area (Å²) in [5.41, 5.74) is 1.81. The Bertz CT molecular complexity index is 1340. The van der Waals surface area contributed by atoms with Crippen LogP contribution < -0.4 is 10.6 Å². The summed E-state index contributed by atoms with van der Waals surface area (Å²) in [6, 6.07) is 11.8. The summed E-state index contributed by atoms with van der Waals surface area (Å²) in [4.78, 5) is 33.9. The first kappa shape index (κ1) is 24.0. The summed E-state index contributed by atoms with van der Waals surface area (Å²) in [6.45, 7) is 3.84. The number of anilines is 2. The number of aromatic nitrogens is 2. The number of carbonyl (C=O) groups is 2. The number of carboxylic acids is 1. The number of hydrogen-bond donors (Lipinski definition) is 3. The minimum Gasteiger partial charge on any atom is -0.479 e. The van der Waals surface area contributed by atoms with Gasteiger partial charge in [-0.3, -0.25) is 9.78 Å². The Labute approximate surface area is 211 Å². The third-order valence-corrected chi connectivity index (χ3v) is 7.84. The SMILES string of the molecule is CC[C@@](Cc1ccc(Nc2nc(C)cc3ccncc23)cc1)(NC1=CC(=O)C12CCCCC2)C(=O)O. The van der Waals surface area contributed by atoms with E-state index >= 15 is 0 Å². The second-order valence-electron chi connectivity index (χ2n) is 10.1. The van der Waals surface area contributed by atoms with Gasteiger partial charge in [0, 0.05) is 47.4 Å². The van der Waals surface area contributed by atoms with Gasteiger partial charge in [0.25, 0.3) is 0 Å². The summed E-state index contributed by atoms with van der Waals surface area (Å²) in [7, 11) is 0. The van der Waals surface area contributed by atoms with Gasteiger partial charge in [-0.2, -0.15) is 0 Å². The van der Waals surface area contributed by atoms with Crippen LogP contribution in [0.15, 0.2) is 60.6 Å². The number of allylic oxidation sites excluding steroid dienone is 2. The third-order valence-electron chi connectivity index (χ3n) is 7.84. The van der Waals surface area contributed by atoms with Crippen LogP contribution in [0.1, 0.15) is 56.7 Å². The van der Waals surface area contributed by atoms with E-state index in [1.165, 1.54) is 0 Å². The van der Waals surface area contributed by atoms with Crippen LogP contribution >= 0.6 is 0 Å². The number of hydrogen-bond acceptors (Lipinski definition) is 6. The Kier molecular flexibility index (Phi) is 6.24. The quantitative estimate of drug-likeness (QED) is 0.390. The molecule has 0 unspecified atom stereocenters. The third kappa shape index (κ3) is 4.23. The molecule has 1 atom stereocenters. The second kappa shape index (κ2) is 9.37. The Balaban J connectivity index is 1.36. The minimum absolute atomic E-state index is 0.142. The molecule has 0 amide bonds. The molecule has 3 N–H and O–H groups in total. The van der Waals surface area contributed by atoms with Crippen molar-refractivity contribution < 1.29 is 14.7 Å². The average molecular weight is 485 g/mol. The lowest BCUT2D eigenvalue weighted by atomic mass is 9.62. The van der Waals surface area contributed by atoms with Crippen molar-refractivity contribution in [2.24, 2.45) is 5.41 Å². The lowest BCUT2D eigenvalue weighted by Crippen LogP contribution is -2.59. The van der Waals surface area contributed by atoms with Crippen molar-refractivity contribution in [3.63, 3.8) is 0 Å². The Hall–Kier alpha value is -3.74. The molecule has 2 aromatic heterocycles. The maximum absolute atomic E-state index is 12.5. The Morgan fingerprint density at radius 1 is 1.14 bits per heavy atom. The highest BCUT2D eigenvalue weighted by atomic mass is 16.4. The zero-order valence-electron chi connectivity index (χ0n) is 20.8.